The van der Waals surface area contributed by atoms with E-state index in [-0.39, 0.29) is 24.3 Å². The standard InChI is InChI=1S/C37H32N2O8S/c1-5-45-35(41)25-14-10-13-23(19-25)27-18-16-26(47-27)21-30-34(40)39-33(24-15-17-28(43-3)29(20-24)44-4)31(36(42)46-6-2)32(38-37(39)48-30)22-11-8-7-9-12-22/h7-21,33H,5-6H2,1-4H3/b30-21-/t33-/m1/s1. The Labute approximate surface area is 279 Å². The van der Waals surface area contributed by atoms with Crippen molar-refractivity contribution in [3.8, 4) is 22.8 Å². The van der Waals surface area contributed by atoms with Gasteiger partial charge >= 0.3 is 11.9 Å². The largest absolute Gasteiger partial charge is 0.493 e. The van der Waals surface area contributed by atoms with Crippen LogP contribution in [0, 0.1) is 0 Å². The molecule has 5 aromatic rings. The molecule has 3 heterocycles. The molecule has 1 aliphatic heterocycles. The van der Waals surface area contributed by atoms with E-state index < -0.39 is 18.0 Å². The first kappa shape index (κ1) is 32.3. The number of carbonyl (C=O) groups excluding carboxylic acids is 2. The van der Waals surface area contributed by atoms with Crippen molar-refractivity contribution in [2.24, 2.45) is 4.99 Å². The number of esters is 2. The van der Waals surface area contributed by atoms with E-state index in [1.807, 2.05) is 36.4 Å². The van der Waals surface area contributed by atoms with E-state index >= 15 is 0 Å². The molecule has 0 saturated heterocycles. The molecular weight excluding hydrogens is 632 g/mol. The van der Waals surface area contributed by atoms with Gasteiger partial charge in [0.25, 0.3) is 5.56 Å². The van der Waals surface area contributed by atoms with E-state index in [0.717, 1.165) is 0 Å². The molecule has 0 N–H and O–H groups in total. The van der Waals surface area contributed by atoms with E-state index in [1.54, 1.807) is 68.5 Å². The summed E-state index contributed by atoms with van der Waals surface area (Å²) in [4.78, 5) is 45.6. The molecule has 0 radical (unpaired) electrons. The average Bonchev–Trinajstić information content (AvgIpc) is 3.71. The van der Waals surface area contributed by atoms with Crippen LogP contribution in [0.3, 0.4) is 0 Å². The molecule has 0 aliphatic carbocycles. The molecule has 6 rings (SSSR count). The van der Waals surface area contributed by atoms with Crippen molar-refractivity contribution in [3.63, 3.8) is 0 Å². The average molecular weight is 665 g/mol. The van der Waals surface area contributed by atoms with Crippen molar-refractivity contribution in [3.05, 3.63) is 133 Å². The SMILES string of the molecule is CCOC(=O)C1=C(c2ccccc2)N=c2s/c(=C\c3ccc(-c4cccc(C(=O)OCC)c4)o3)c(=O)n2[C@@H]1c1ccc(OC)c(OC)c1. The summed E-state index contributed by atoms with van der Waals surface area (Å²) in [5, 5.41) is 0. The monoisotopic (exact) mass is 664 g/mol. The van der Waals surface area contributed by atoms with Crippen LogP contribution in [-0.4, -0.2) is 43.9 Å². The molecule has 10 nitrogen and oxygen atoms in total. The fraction of sp³-hybridized carbons (Fsp3) is 0.189. The fourth-order valence-electron chi connectivity index (χ4n) is 5.51. The number of aromatic nitrogens is 1. The number of benzene rings is 3. The molecule has 2 aromatic heterocycles. The second-order valence-electron chi connectivity index (χ2n) is 10.5. The molecule has 3 aromatic carbocycles. The normalized spacial score (nSPS) is 14.2. The van der Waals surface area contributed by atoms with Crippen molar-refractivity contribution in [2.75, 3.05) is 27.4 Å². The molecule has 1 atom stereocenters. The summed E-state index contributed by atoms with van der Waals surface area (Å²) in [5.41, 5.74) is 2.65. The third-order valence-corrected chi connectivity index (χ3v) is 8.64. The molecule has 0 unspecified atom stereocenters. The van der Waals surface area contributed by atoms with Gasteiger partial charge < -0.3 is 23.4 Å². The minimum Gasteiger partial charge on any atom is -0.493 e. The first-order valence-electron chi connectivity index (χ1n) is 15.2. The Kier molecular flexibility index (Phi) is 9.40. The number of fused-ring (bicyclic) bond motifs is 1. The summed E-state index contributed by atoms with van der Waals surface area (Å²) in [7, 11) is 3.06. The summed E-state index contributed by atoms with van der Waals surface area (Å²) >= 11 is 1.18. The van der Waals surface area contributed by atoms with Gasteiger partial charge in [0.2, 0.25) is 0 Å². The van der Waals surface area contributed by atoms with Crippen LogP contribution in [-0.2, 0) is 14.3 Å². The highest BCUT2D eigenvalue weighted by Crippen LogP contribution is 2.38. The Balaban J connectivity index is 1.52. The molecule has 0 saturated carbocycles. The maximum atomic E-state index is 14.3. The van der Waals surface area contributed by atoms with Gasteiger partial charge in [-0.3, -0.25) is 9.36 Å². The quantitative estimate of drug-likeness (QED) is 0.183. The van der Waals surface area contributed by atoms with Gasteiger partial charge in [0.05, 0.1) is 54.8 Å². The van der Waals surface area contributed by atoms with Gasteiger partial charge in [-0.05, 0) is 55.8 Å². The van der Waals surface area contributed by atoms with Crippen LogP contribution < -0.4 is 24.4 Å². The van der Waals surface area contributed by atoms with Gasteiger partial charge in [0.1, 0.15) is 11.5 Å². The Bertz CT molecular complexity index is 2210. The van der Waals surface area contributed by atoms with Crippen LogP contribution in [0.2, 0.25) is 0 Å². The van der Waals surface area contributed by atoms with Gasteiger partial charge in [-0.25, -0.2) is 14.6 Å². The molecule has 1 aliphatic rings. The number of rotatable bonds is 10. The van der Waals surface area contributed by atoms with E-state index in [2.05, 4.69) is 0 Å². The van der Waals surface area contributed by atoms with Gasteiger partial charge in [-0.1, -0.05) is 59.9 Å². The van der Waals surface area contributed by atoms with Gasteiger partial charge in [0.15, 0.2) is 16.3 Å². The number of carbonyl (C=O) groups is 2. The van der Waals surface area contributed by atoms with Crippen molar-refractivity contribution in [1.82, 2.24) is 4.57 Å². The maximum Gasteiger partial charge on any atom is 0.338 e. The topological polar surface area (TPSA) is 119 Å². The van der Waals surface area contributed by atoms with E-state index in [9.17, 15) is 14.4 Å². The highest BCUT2D eigenvalue weighted by Gasteiger charge is 2.35. The predicted octanol–water partition coefficient (Wildman–Crippen LogP) is 5.39. The summed E-state index contributed by atoms with van der Waals surface area (Å²) in [6.07, 6.45) is 1.64. The Morgan fingerprint density at radius 2 is 1.58 bits per heavy atom. The lowest BCUT2D eigenvalue weighted by Crippen LogP contribution is -2.40. The van der Waals surface area contributed by atoms with Crippen LogP contribution in [0.1, 0.15) is 47.1 Å². The maximum absolute atomic E-state index is 14.3. The van der Waals surface area contributed by atoms with Gasteiger partial charge in [0, 0.05) is 17.2 Å². The minimum absolute atomic E-state index is 0.136. The fourth-order valence-corrected chi connectivity index (χ4v) is 6.49. The zero-order chi connectivity index (χ0) is 33.8. The smallest absolute Gasteiger partial charge is 0.338 e. The van der Waals surface area contributed by atoms with Crippen molar-refractivity contribution in [2.45, 2.75) is 19.9 Å². The molecular formula is C37H32N2O8S. The molecule has 48 heavy (non-hydrogen) atoms. The molecule has 244 valence electrons. The lowest BCUT2D eigenvalue weighted by molar-refractivity contribution is -0.138. The Morgan fingerprint density at radius 1 is 0.854 bits per heavy atom. The number of hydrogen-bond donors (Lipinski definition) is 0. The number of ether oxygens (including phenoxy) is 4. The second kappa shape index (κ2) is 14.0. The third kappa shape index (κ3) is 6.19. The Morgan fingerprint density at radius 3 is 2.31 bits per heavy atom. The number of furan rings is 1. The lowest BCUT2D eigenvalue weighted by atomic mass is 9.93. The summed E-state index contributed by atoms with van der Waals surface area (Å²) in [6, 6.07) is 24.2. The van der Waals surface area contributed by atoms with Crippen molar-refractivity contribution >= 4 is 35.0 Å². The van der Waals surface area contributed by atoms with Crippen LogP contribution in [0.5, 0.6) is 11.5 Å². The van der Waals surface area contributed by atoms with E-state index in [0.29, 0.717) is 60.3 Å². The number of nitrogens with zero attached hydrogens (tertiary/aromatic N) is 2. The molecule has 11 heteroatoms. The number of hydrogen-bond acceptors (Lipinski definition) is 10. The highest BCUT2D eigenvalue weighted by molar-refractivity contribution is 7.07. The van der Waals surface area contributed by atoms with Crippen molar-refractivity contribution < 1.29 is 33.0 Å². The first-order valence-corrected chi connectivity index (χ1v) is 16.1. The minimum atomic E-state index is -0.893. The van der Waals surface area contributed by atoms with Crippen LogP contribution in [0.15, 0.2) is 105 Å². The van der Waals surface area contributed by atoms with E-state index in [1.165, 1.54) is 30.1 Å². The predicted molar refractivity (Wildman–Crippen MR) is 181 cm³/mol. The summed E-state index contributed by atoms with van der Waals surface area (Å²) in [6.45, 7) is 3.88. The molecule has 0 bridgehead atoms. The number of thiazole rings is 1. The van der Waals surface area contributed by atoms with Crippen LogP contribution in [0.4, 0.5) is 0 Å². The highest BCUT2D eigenvalue weighted by atomic mass is 32.1. The zero-order valence-electron chi connectivity index (χ0n) is 26.7. The van der Waals surface area contributed by atoms with E-state index in [4.69, 9.17) is 28.4 Å². The molecule has 0 fully saturated rings. The Hall–Kier alpha value is -5.68. The lowest BCUT2D eigenvalue weighted by Gasteiger charge is -2.26. The van der Waals surface area contributed by atoms with Crippen molar-refractivity contribution in [1.29, 1.82) is 0 Å². The van der Waals surface area contributed by atoms with Crippen LogP contribution >= 0.6 is 11.3 Å². The van der Waals surface area contributed by atoms with Gasteiger partial charge in [-0.15, -0.1) is 0 Å². The molecule has 0 spiro atoms. The zero-order valence-corrected chi connectivity index (χ0v) is 27.5. The summed E-state index contributed by atoms with van der Waals surface area (Å²) < 4.78 is 29.7. The third-order valence-electron chi connectivity index (χ3n) is 7.66. The molecule has 0 amide bonds. The van der Waals surface area contributed by atoms with Crippen LogP contribution in [0.25, 0.3) is 23.1 Å². The van der Waals surface area contributed by atoms with Gasteiger partial charge in [-0.2, -0.15) is 0 Å². The summed E-state index contributed by atoms with van der Waals surface area (Å²) in [5.74, 6) is 0.865. The number of methoxy groups -OCH3 is 2. The first-order chi connectivity index (χ1) is 23.4. The second-order valence-corrected chi connectivity index (χ2v) is 11.6.